The molecule has 20 heavy (non-hydrogen) atoms. The van der Waals surface area contributed by atoms with E-state index in [1.54, 1.807) is 12.3 Å². The van der Waals surface area contributed by atoms with Gasteiger partial charge in [-0.25, -0.2) is 0 Å². The minimum Gasteiger partial charge on any atom is -0.329 e. The summed E-state index contributed by atoms with van der Waals surface area (Å²) in [6.45, 7) is 1.24. The summed E-state index contributed by atoms with van der Waals surface area (Å²) in [5.41, 5.74) is 8.02. The summed E-state index contributed by atoms with van der Waals surface area (Å²) in [6.07, 6.45) is 4.47. The molecule has 0 aliphatic heterocycles. The number of benzene rings is 1. The quantitative estimate of drug-likeness (QED) is 0.862. The van der Waals surface area contributed by atoms with Crippen molar-refractivity contribution in [2.75, 3.05) is 6.54 Å². The zero-order valence-corrected chi connectivity index (χ0v) is 12.5. The van der Waals surface area contributed by atoms with Crippen molar-refractivity contribution < 1.29 is 0 Å². The summed E-state index contributed by atoms with van der Waals surface area (Å²) in [7, 11) is 0. The first-order chi connectivity index (χ1) is 9.67. The SMILES string of the molecule is NCC(Cc1cccnc1)NCc1cc(Cl)cc(Cl)c1. The lowest BCUT2D eigenvalue weighted by molar-refractivity contribution is 0.515. The van der Waals surface area contributed by atoms with Gasteiger partial charge in [-0.1, -0.05) is 29.3 Å². The van der Waals surface area contributed by atoms with Crippen LogP contribution in [0.15, 0.2) is 42.7 Å². The Balaban J connectivity index is 1.93. The molecular formula is C15H17Cl2N3. The Hall–Kier alpha value is -1.13. The van der Waals surface area contributed by atoms with Crippen LogP contribution in [0.2, 0.25) is 10.0 Å². The largest absolute Gasteiger partial charge is 0.329 e. The number of hydrogen-bond donors (Lipinski definition) is 2. The Bertz CT molecular complexity index is 526. The van der Waals surface area contributed by atoms with Crippen LogP contribution in [0.1, 0.15) is 11.1 Å². The maximum Gasteiger partial charge on any atom is 0.0424 e. The fourth-order valence-electron chi connectivity index (χ4n) is 2.02. The highest BCUT2D eigenvalue weighted by atomic mass is 35.5. The molecule has 0 saturated carbocycles. The summed E-state index contributed by atoms with van der Waals surface area (Å²) < 4.78 is 0. The molecule has 1 aromatic carbocycles. The minimum atomic E-state index is 0.192. The van der Waals surface area contributed by atoms with E-state index < -0.39 is 0 Å². The molecule has 0 aliphatic rings. The normalized spacial score (nSPS) is 12.3. The number of nitrogens with two attached hydrogens (primary N) is 1. The lowest BCUT2D eigenvalue weighted by atomic mass is 10.1. The van der Waals surface area contributed by atoms with Crippen molar-refractivity contribution in [1.29, 1.82) is 0 Å². The fourth-order valence-corrected chi connectivity index (χ4v) is 2.59. The third-order valence-electron chi connectivity index (χ3n) is 3.01. The molecule has 0 radical (unpaired) electrons. The second-order valence-corrected chi connectivity index (χ2v) is 5.53. The van der Waals surface area contributed by atoms with Crippen LogP contribution < -0.4 is 11.1 Å². The van der Waals surface area contributed by atoms with E-state index in [0.29, 0.717) is 23.1 Å². The lowest BCUT2D eigenvalue weighted by Gasteiger charge is -2.17. The van der Waals surface area contributed by atoms with E-state index in [1.807, 2.05) is 30.5 Å². The summed E-state index contributed by atoms with van der Waals surface area (Å²) >= 11 is 12.0. The fraction of sp³-hybridized carbons (Fsp3) is 0.267. The molecule has 0 aliphatic carbocycles. The van der Waals surface area contributed by atoms with Crippen molar-refractivity contribution in [3.8, 4) is 0 Å². The maximum atomic E-state index is 5.98. The monoisotopic (exact) mass is 309 g/mol. The van der Waals surface area contributed by atoms with Crippen LogP contribution >= 0.6 is 23.2 Å². The molecule has 3 N–H and O–H groups in total. The number of rotatable bonds is 6. The zero-order chi connectivity index (χ0) is 14.4. The third-order valence-corrected chi connectivity index (χ3v) is 3.44. The van der Waals surface area contributed by atoms with Gasteiger partial charge < -0.3 is 11.1 Å². The van der Waals surface area contributed by atoms with Crippen molar-refractivity contribution in [3.63, 3.8) is 0 Å². The van der Waals surface area contributed by atoms with Crippen LogP contribution in [0.25, 0.3) is 0 Å². The first-order valence-corrected chi connectivity index (χ1v) is 7.20. The van der Waals surface area contributed by atoms with Crippen LogP contribution in [-0.4, -0.2) is 17.6 Å². The van der Waals surface area contributed by atoms with Gasteiger partial charge in [-0.05, 0) is 41.8 Å². The molecule has 0 spiro atoms. The molecule has 0 fully saturated rings. The second-order valence-electron chi connectivity index (χ2n) is 4.66. The van der Waals surface area contributed by atoms with Crippen molar-refractivity contribution in [2.24, 2.45) is 5.73 Å². The molecule has 1 heterocycles. The van der Waals surface area contributed by atoms with Gasteiger partial charge in [0.25, 0.3) is 0 Å². The molecule has 1 aromatic heterocycles. The summed E-state index contributed by atoms with van der Waals surface area (Å²) in [5.74, 6) is 0. The van der Waals surface area contributed by atoms with Gasteiger partial charge in [0.2, 0.25) is 0 Å². The van der Waals surface area contributed by atoms with Gasteiger partial charge in [0, 0.05) is 41.6 Å². The van der Waals surface area contributed by atoms with Crippen molar-refractivity contribution in [1.82, 2.24) is 10.3 Å². The van der Waals surface area contributed by atoms with E-state index >= 15 is 0 Å². The summed E-state index contributed by atoms with van der Waals surface area (Å²) in [4.78, 5) is 4.11. The van der Waals surface area contributed by atoms with Crippen LogP contribution in [0, 0.1) is 0 Å². The molecule has 2 aromatic rings. The maximum absolute atomic E-state index is 5.98. The predicted molar refractivity (Wildman–Crippen MR) is 84.1 cm³/mol. The second kappa shape index (κ2) is 7.60. The van der Waals surface area contributed by atoms with Crippen molar-refractivity contribution >= 4 is 23.2 Å². The average molecular weight is 310 g/mol. The standard InChI is InChI=1S/C15H17Cl2N3/c16-13-4-12(5-14(17)7-13)10-20-15(8-18)6-11-2-1-3-19-9-11/h1-5,7,9,15,20H,6,8,10,18H2. The van der Waals surface area contributed by atoms with Gasteiger partial charge in [-0.2, -0.15) is 0 Å². The molecule has 5 heteroatoms. The average Bonchev–Trinajstić information content (AvgIpc) is 2.43. The van der Waals surface area contributed by atoms with E-state index in [9.17, 15) is 0 Å². The number of hydrogen-bond acceptors (Lipinski definition) is 3. The number of nitrogens with zero attached hydrogens (tertiary/aromatic N) is 1. The molecule has 0 saturated heterocycles. The van der Waals surface area contributed by atoms with Gasteiger partial charge in [0.05, 0.1) is 0 Å². The van der Waals surface area contributed by atoms with Crippen molar-refractivity contribution in [3.05, 3.63) is 63.9 Å². The first-order valence-electron chi connectivity index (χ1n) is 6.44. The first kappa shape index (κ1) is 15.3. The molecular weight excluding hydrogens is 293 g/mol. The van der Waals surface area contributed by atoms with Gasteiger partial charge in [-0.3, -0.25) is 4.98 Å². The van der Waals surface area contributed by atoms with E-state index in [2.05, 4.69) is 10.3 Å². The van der Waals surface area contributed by atoms with Gasteiger partial charge in [0.1, 0.15) is 0 Å². The third kappa shape index (κ3) is 4.76. The van der Waals surface area contributed by atoms with E-state index in [0.717, 1.165) is 12.0 Å². The molecule has 0 bridgehead atoms. The number of aromatic nitrogens is 1. The highest BCUT2D eigenvalue weighted by molar-refractivity contribution is 6.34. The Kier molecular flexibility index (Phi) is 5.80. The zero-order valence-electron chi connectivity index (χ0n) is 11.0. The highest BCUT2D eigenvalue weighted by Gasteiger charge is 2.08. The number of halogens is 2. The molecule has 1 unspecified atom stereocenters. The van der Waals surface area contributed by atoms with Gasteiger partial charge in [0.15, 0.2) is 0 Å². The van der Waals surface area contributed by atoms with Crippen LogP contribution in [0.5, 0.6) is 0 Å². The molecule has 106 valence electrons. The minimum absolute atomic E-state index is 0.192. The molecule has 0 amide bonds. The van der Waals surface area contributed by atoms with E-state index in [4.69, 9.17) is 28.9 Å². The van der Waals surface area contributed by atoms with Gasteiger partial charge in [-0.15, -0.1) is 0 Å². The number of pyridine rings is 1. The molecule has 2 rings (SSSR count). The smallest absolute Gasteiger partial charge is 0.0424 e. The molecule has 3 nitrogen and oxygen atoms in total. The highest BCUT2D eigenvalue weighted by Crippen LogP contribution is 2.19. The number of nitrogens with one attached hydrogen (secondary N) is 1. The Morgan fingerprint density at radius 3 is 2.50 bits per heavy atom. The molecule has 1 atom stereocenters. The summed E-state index contributed by atoms with van der Waals surface area (Å²) in [6, 6.07) is 9.70. The van der Waals surface area contributed by atoms with Gasteiger partial charge >= 0.3 is 0 Å². The van der Waals surface area contributed by atoms with Crippen LogP contribution in [-0.2, 0) is 13.0 Å². The van der Waals surface area contributed by atoms with Crippen LogP contribution in [0.4, 0.5) is 0 Å². The van der Waals surface area contributed by atoms with E-state index in [-0.39, 0.29) is 6.04 Å². The Morgan fingerprint density at radius 1 is 1.15 bits per heavy atom. The lowest BCUT2D eigenvalue weighted by Crippen LogP contribution is -2.37. The Labute approximate surface area is 129 Å². The van der Waals surface area contributed by atoms with Crippen LogP contribution in [0.3, 0.4) is 0 Å². The predicted octanol–water partition coefficient (Wildman–Crippen LogP) is 3.05. The topological polar surface area (TPSA) is 50.9 Å². The Morgan fingerprint density at radius 2 is 1.90 bits per heavy atom. The van der Waals surface area contributed by atoms with Crippen molar-refractivity contribution in [2.45, 2.75) is 19.0 Å². The van der Waals surface area contributed by atoms with E-state index in [1.165, 1.54) is 5.56 Å². The summed E-state index contributed by atoms with van der Waals surface area (Å²) in [5, 5.41) is 4.71.